The van der Waals surface area contributed by atoms with Crippen molar-refractivity contribution in [3.8, 4) is 5.75 Å². The van der Waals surface area contributed by atoms with Gasteiger partial charge < -0.3 is 5.11 Å². The van der Waals surface area contributed by atoms with Crippen molar-refractivity contribution in [2.45, 2.75) is 84.5 Å². The van der Waals surface area contributed by atoms with Gasteiger partial charge in [0.15, 0.2) is 5.78 Å². The molecule has 0 aromatic heterocycles. The third-order valence-corrected chi connectivity index (χ3v) is 4.99. The lowest BCUT2D eigenvalue weighted by Crippen LogP contribution is -2.22. The summed E-state index contributed by atoms with van der Waals surface area (Å²) >= 11 is 0. The highest BCUT2D eigenvalue weighted by atomic mass is 16.3. The molecule has 1 aromatic rings. The van der Waals surface area contributed by atoms with Crippen LogP contribution in [0.3, 0.4) is 0 Å². The Labute approximate surface area is 141 Å². The maximum Gasteiger partial charge on any atom is 0.165 e. The van der Waals surface area contributed by atoms with Crippen LogP contribution >= 0.6 is 0 Å². The van der Waals surface area contributed by atoms with Gasteiger partial charge in [-0.25, -0.2) is 0 Å². The average molecular weight is 316 g/mol. The lowest BCUT2D eigenvalue weighted by molar-refractivity contribution is 0.0889. The highest BCUT2D eigenvalue weighted by molar-refractivity contribution is 5.98. The summed E-state index contributed by atoms with van der Waals surface area (Å²) in [6, 6.07) is 3.86. The van der Waals surface area contributed by atoms with E-state index in [4.69, 9.17) is 0 Å². The smallest absolute Gasteiger partial charge is 0.165 e. The molecule has 0 amide bonds. The Hall–Kier alpha value is -1.31. The van der Waals surface area contributed by atoms with E-state index in [1.54, 1.807) is 0 Å². The Balaban J connectivity index is 2.53. The predicted octanol–water partition coefficient (Wildman–Crippen LogP) is 5.75. The lowest BCUT2D eigenvalue weighted by atomic mass is 9.76. The highest BCUT2D eigenvalue weighted by Gasteiger charge is 2.30. The molecule has 1 saturated carbocycles. The molecule has 0 unspecified atom stereocenters. The number of hydrogen-bond acceptors (Lipinski definition) is 2. The second kappa shape index (κ2) is 6.30. The first-order valence-corrected chi connectivity index (χ1v) is 8.94. The number of benzene rings is 1. The van der Waals surface area contributed by atoms with E-state index in [9.17, 15) is 9.90 Å². The van der Waals surface area contributed by atoms with E-state index in [-0.39, 0.29) is 22.5 Å². The van der Waals surface area contributed by atoms with Gasteiger partial charge in [-0.05, 0) is 35.8 Å². The van der Waals surface area contributed by atoms with Crippen molar-refractivity contribution in [3.05, 3.63) is 28.8 Å². The van der Waals surface area contributed by atoms with E-state index in [0.717, 1.165) is 42.4 Å². The van der Waals surface area contributed by atoms with Gasteiger partial charge >= 0.3 is 0 Å². The fraction of sp³-hybridized carbons (Fsp3) is 0.667. The molecule has 0 aliphatic heterocycles. The maximum atomic E-state index is 13.0. The van der Waals surface area contributed by atoms with Crippen LogP contribution < -0.4 is 0 Å². The Morgan fingerprint density at radius 3 is 1.74 bits per heavy atom. The van der Waals surface area contributed by atoms with Gasteiger partial charge in [0.05, 0.1) is 0 Å². The molecule has 1 aliphatic rings. The van der Waals surface area contributed by atoms with Crippen LogP contribution in [0.15, 0.2) is 12.1 Å². The van der Waals surface area contributed by atoms with Crippen LogP contribution in [0, 0.1) is 5.92 Å². The maximum absolute atomic E-state index is 13.0. The second-order valence-electron chi connectivity index (χ2n) is 9.12. The van der Waals surface area contributed by atoms with Gasteiger partial charge in [0.25, 0.3) is 0 Å². The van der Waals surface area contributed by atoms with E-state index in [0.29, 0.717) is 5.75 Å². The summed E-state index contributed by atoms with van der Waals surface area (Å²) in [4.78, 5) is 13.0. The second-order valence-corrected chi connectivity index (χ2v) is 9.12. The van der Waals surface area contributed by atoms with Crippen LogP contribution in [0.2, 0.25) is 0 Å². The minimum Gasteiger partial charge on any atom is -0.507 e. The molecule has 1 aliphatic carbocycles. The number of carbonyl (C=O) groups is 1. The number of carbonyl (C=O) groups excluding carboxylic acids is 1. The Morgan fingerprint density at radius 2 is 1.35 bits per heavy atom. The van der Waals surface area contributed by atoms with Crippen LogP contribution in [0.5, 0.6) is 5.75 Å². The number of phenolic OH excluding ortho intramolecular Hbond substituents is 1. The Bertz CT molecular complexity index is 544. The van der Waals surface area contributed by atoms with Crippen molar-refractivity contribution < 1.29 is 9.90 Å². The van der Waals surface area contributed by atoms with E-state index in [1.807, 2.05) is 12.1 Å². The van der Waals surface area contributed by atoms with Gasteiger partial charge in [-0.3, -0.25) is 4.79 Å². The molecule has 2 heteroatoms. The molecule has 1 fully saturated rings. The Kier molecular flexibility index (Phi) is 4.94. The van der Waals surface area contributed by atoms with E-state index >= 15 is 0 Å². The predicted molar refractivity (Wildman–Crippen MR) is 96.4 cm³/mol. The zero-order valence-corrected chi connectivity index (χ0v) is 15.6. The van der Waals surface area contributed by atoms with Crippen LogP contribution in [0.25, 0.3) is 0 Å². The molecule has 0 spiro atoms. The summed E-state index contributed by atoms with van der Waals surface area (Å²) < 4.78 is 0. The van der Waals surface area contributed by atoms with Crippen LogP contribution in [0.1, 0.15) is 95.1 Å². The molecule has 128 valence electrons. The number of aromatic hydroxyl groups is 1. The summed E-state index contributed by atoms with van der Waals surface area (Å²) in [5.74, 6) is 0.778. The molecule has 0 radical (unpaired) electrons. The molecule has 2 nitrogen and oxygen atoms in total. The monoisotopic (exact) mass is 316 g/mol. The summed E-state index contributed by atoms with van der Waals surface area (Å²) in [7, 11) is 0. The fourth-order valence-electron chi connectivity index (χ4n) is 3.52. The van der Waals surface area contributed by atoms with Gasteiger partial charge in [0.1, 0.15) is 5.75 Å². The van der Waals surface area contributed by atoms with Crippen molar-refractivity contribution in [1.82, 2.24) is 0 Å². The number of Topliss-reactive ketones (excluding diaryl/α,β-unsaturated/α-hetero) is 1. The van der Waals surface area contributed by atoms with Gasteiger partial charge in [-0.1, -0.05) is 60.8 Å². The van der Waals surface area contributed by atoms with Crippen molar-refractivity contribution in [2.24, 2.45) is 5.92 Å². The number of ketones is 1. The molecule has 1 N–H and O–H groups in total. The van der Waals surface area contributed by atoms with Gasteiger partial charge in [0, 0.05) is 22.6 Å². The minimum atomic E-state index is -0.188. The first-order valence-electron chi connectivity index (χ1n) is 8.94. The standard InChI is InChI=1S/C21H32O2/c1-20(2,3)16-12-15(13-17(19(16)23)21(4,5)6)18(22)14-10-8-7-9-11-14/h12-14,23H,7-11H2,1-6H3. The van der Waals surface area contributed by atoms with E-state index in [2.05, 4.69) is 41.5 Å². The average Bonchev–Trinajstić information content (AvgIpc) is 2.45. The third-order valence-electron chi connectivity index (χ3n) is 4.99. The molecular weight excluding hydrogens is 284 g/mol. The van der Waals surface area contributed by atoms with Gasteiger partial charge in [-0.15, -0.1) is 0 Å². The summed E-state index contributed by atoms with van der Waals surface area (Å²) in [6.45, 7) is 12.5. The number of rotatable bonds is 2. The quantitative estimate of drug-likeness (QED) is 0.705. The fourth-order valence-corrected chi connectivity index (χ4v) is 3.52. The first kappa shape index (κ1) is 18.0. The van der Waals surface area contributed by atoms with Crippen LogP contribution in [-0.4, -0.2) is 10.9 Å². The number of phenols is 1. The highest BCUT2D eigenvalue weighted by Crippen LogP contribution is 2.40. The Morgan fingerprint density at radius 1 is 0.913 bits per heavy atom. The lowest BCUT2D eigenvalue weighted by Gasteiger charge is -2.29. The van der Waals surface area contributed by atoms with Crippen molar-refractivity contribution in [1.29, 1.82) is 0 Å². The first-order chi connectivity index (χ1) is 10.5. The molecule has 0 atom stereocenters. The molecule has 2 rings (SSSR count). The van der Waals surface area contributed by atoms with Crippen molar-refractivity contribution >= 4 is 5.78 Å². The molecule has 0 saturated heterocycles. The summed E-state index contributed by atoms with van der Waals surface area (Å²) in [6.07, 6.45) is 5.59. The van der Waals surface area contributed by atoms with Gasteiger partial charge in [0.2, 0.25) is 0 Å². The van der Waals surface area contributed by atoms with E-state index < -0.39 is 0 Å². The summed E-state index contributed by atoms with van der Waals surface area (Å²) in [5, 5.41) is 10.8. The molecule has 0 heterocycles. The van der Waals surface area contributed by atoms with Crippen LogP contribution in [-0.2, 0) is 10.8 Å². The zero-order chi connectivity index (χ0) is 17.4. The topological polar surface area (TPSA) is 37.3 Å². The largest absolute Gasteiger partial charge is 0.507 e. The van der Waals surface area contributed by atoms with Gasteiger partial charge in [-0.2, -0.15) is 0 Å². The van der Waals surface area contributed by atoms with E-state index in [1.165, 1.54) is 6.42 Å². The molecular formula is C21H32O2. The summed E-state index contributed by atoms with van der Waals surface area (Å²) in [5.41, 5.74) is 2.16. The normalized spacial score (nSPS) is 17.3. The van der Waals surface area contributed by atoms with Crippen molar-refractivity contribution in [2.75, 3.05) is 0 Å². The van der Waals surface area contributed by atoms with Crippen LogP contribution in [0.4, 0.5) is 0 Å². The molecule has 23 heavy (non-hydrogen) atoms. The molecule has 1 aromatic carbocycles. The minimum absolute atomic E-state index is 0.161. The number of hydrogen-bond donors (Lipinski definition) is 1. The zero-order valence-electron chi connectivity index (χ0n) is 15.6. The molecule has 0 bridgehead atoms. The third kappa shape index (κ3) is 3.97. The van der Waals surface area contributed by atoms with Crippen molar-refractivity contribution in [3.63, 3.8) is 0 Å². The SMILES string of the molecule is CC(C)(C)c1cc(C(=O)C2CCCCC2)cc(C(C)(C)C)c1O.